The first-order valence-corrected chi connectivity index (χ1v) is 12.7. The number of fused-ring (bicyclic) bond motifs is 5. The average Bonchev–Trinajstić information content (AvgIpc) is 3.59. The summed E-state index contributed by atoms with van der Waals surface area (Å²) in [7, 11) is 1.52. The monoisotopic (exact) mass is 536 g/mol. The molecule has 0 unspecified atom stereocenters. The number of nitro benzene ring substituents is 1. The van der Waals surface area contributed by atoms with Gasteiger partial charge in [0.25, 0.3) is 11.2 Å². The van der Waals surface area contributed by atoms with Crippen molar-refractivity contribution >= 4 is 22.2 Å². The number of hydrogen-bond donors (Lipinski definition) is 0. The Morgan fingerprint density at radius 2 is 1.75 bits per heavy atom. The summed E-state index contributed by atoms with van der Waals surface area (Å²) in [5.74, 6) is 0.552. The zero-order valence-corrected chi connectivity index (χ0v) is 21.6. The van der Waals surface area contributed by atoms with Gasteiger partial charge in [-0.25, -0.2) is 4.98 Å². The van der Waals surface area contributed by atoms with Crippen LogP contribution in [0.25, 0.3) is 22.0 Å². The Balaban J connectivity index is 1.49. The van der Waals surface area contributed by atoms with E-state index in [0.29, 0.717) is 58.8 Å². The number of hydrogen-bond acceptors (Lipinski definition) is 7. The van der Waals surface area contributed by atoms with Gasteiger partial charge < -0.3 is 18.6 Å². The molecule has 0 N–H and O–H groups in total. The quantitative estimate of drug-likeness (QED) is 0.189. The molecule has 200 valence electrons. The van der Waals surface area contributed by atoms with E-state index in [1.165, 1.54) is 25.3 Å². The maximum Gasteiger partial charge on any atom is 0.270 e. The highest BCUT2D eigenvalue weighted by Crippen LogP contribution is 2.45. The molecule has 2 aromatic heterocycles. The minimum atomic E-state index is -0.548. The molecule has 10 heteroatoms. The number of aryl methyl sites for hydroxylation is 1. The van der Waals surface area contributed by atoms with E-state index in [9.17, 15) is 19.7 Å². The summed E-state index contributed by atoms with van der Waals surface area (Å²) in [5.41, 5.74) is 2.10. The number of imidazole rings is 1. The van der Waals surface area contributed by atoms with Crippen LogP contribution in [0.5, 0.6) is 11.5 Å². The van der Waals surface area contributed by atoms with Crippen LogP contribution in [0.2, 0.25) is 0 Å². The van der Waals surface area contributed by atoms with Crippen molar-refractivity contribution in [3.8, 4) is 22.8 Å². The molecule has 2 heterocycles. The van der Waals surface area contributed by atoms with Crippen LogP contribution >= 0.6 is 0 Å². The van der Waals surface area contributed by atoms with Gasteiger partial charge in [-0.1, -0.05) is 30.3 Å². The van der Waals surface area contributed by atoms with E-state index in [1.807, 2.05) is 41.1 Å². The molecule has 10 nitrogen and oxygen atoms in total. The molecule has 0 bridgehead atoms. The predicted octanol–water partition coefficient (Wildman–Crippen LogP) is 5.00. The van der Waals surface area contributed by atoms with Crippen LogP contribution in [0.15, 0.2) is 84.2 Å². The molecule has 1 aliphatic carbocycles. The maximum atomic E-state index is 13.9. The van der Waals surface area contributed by atoms with Crippen molar-refractivity contribution in [2.45, 2.75) is 26.1 Å². The zero-order chi connectivity index (χ0) is 27.8. The molecule has 0 atom stereocenters. The Labute approximate surface area is 228 Å². The van der Waals surface area contributed by atoms with Gasteiger partial charge in [0.2, 0.25) is 0 Å². The van der Waals surface area contributed by atoms with E-state index >= 15 is 0 Å². The van der Waals surface area contributed by atoms with Crippen LogP contribution in [0, 0.1) is 10.1 Å². The molecular weight excluding hydrogens is 512 g/mol. The number of rotatable bonds is 9. The van der Waals surface area contributed by atoms with Gasteiger partial charge in [-0.2, -0.15) is 0 Å². The standard InChI is InChI=1S/C30H24N4O6/c1-39-25-15-22-23(16-26(25)40-17-19-6-3-2-4-7-19)29(35)27-21-9-8-20(34(37)38)14-24(21)30(36)33(28(22)27)12-5-11-32-13-10-31-18-32/h2-4,6-10,13-16,18H,5,11-12,17H2,1H3. The first kappa shape index (κ1) is 25.1. The van der Waals surface area contributed by atoms with Crippen molar-refractivity contribution in [1.82, 2.24) is 14.1 Å². The number of carbonyl (C=O) groups excluding carboxylic acids is 1. The average molecular weight is 537 g/mol. The number of ether oxygens (including phenoxy) is 2. The third-order valence-corrected chi connectivity index (χ3v) is 7.09. The van der Waals surface area contributed by atoms with Crippen LogP contribution in [-0.2, 0) is 19.7 Å². The summed E-state index contributed by atoms with van der Waals surface area (Å²) in [6.45, 7) is 1.17. The summed E-state index contributed by atoms with van der Waals surface area (Å²) in [6.07, 6.45) is 5.77. The summed E-state index contributed by atoms with van der Waals surface area (Å²) in [6, 6.07) is 17.1. The predicted molar refractivity (Wildman–Crippen MR) is 148 cm³/mol. The number of nitro groups is 1. The van der Waals surface area contributed by atoms with Crippen molar-refractivity contribution in [3.63, 3.8) is 0 Å². The number of benzene rings is 3. The number of nitrogens with zero attached hydrogens (tertiary/aromatic N) is 4. The molecule has 0 spiro atoms. The summed E-state index contributed by atoms with van der Waals surface area (Å²) >= 11 is 0. The fourth-order valence-electron chi connectivity index (χ4n) is 5.19. The topological polar surface area (TPSA) is 118 Å². The van der Waals surface area contributed by atoms with Crippen LogP contribution in [0.1, 0.15) is 27.9 Å². The van der Waals surface area contributed by atoms with Crippen molar-refractivity contribution < 1.29 is 19.2 Å². The lowest BCUT2D eigenvalue weighted by molar-refractivity contribution is -0.384. The van der Waals surface area contributed by atoms with Crippen molar-refractivity contribution in [2.75, 3.05) is 7.11 Å². The highest BCUT2D eigenvalue weighted by Gasteiger charge is 2.34. The van der Waals surface area contributed by atoms with Gasteiger partial charge in [-0.15, -0.1) is 0 Å². The zero-order valence-electron chi connectivity index (χ0n) is 21.6. The molecule has 0 saturated heterocycles. The van der Waals surface area contributed by atoms with Gasteiger partial charge in [0.05, 0.1) is 35.0 Å². The Kier molecular flexibility index (Phi) is 6.35. The number of methoxy groups -OCH3 is 1. The number of pyridine rings is 1. The lowest BCUT2D eigenvalue weighted by Crippen LogP contribution is -2.24. The first-order chi connectivity index (χ1) is 19.5. The second-order valence-electron chi connectivity index (χ2n) is 9.47. The second-order valence-corrected chi connectivity index (χ2v) is 9.47. The van der Waals surface area contributed by atoms with Crippen molar-refractivity contribution in [3.05, 3.63) is 117 Å². The number of ketones is 1. The lowest BCUT2D eigenvalue weighted by atomic mass is 10.0. The van der Waals surface area contributed by atoms with Crippen LogP contribution in [0.4, 0.5) is 5.69 Å². The number of aromatic nitrogens is 3. The molecule has 5 aromatic rings. The second kappa shape index (κ2) is 10.1. The normalized spacial score (nSPS) is 11.9. The third-order valence-electron chi connectivity index (χ3n) is 7.09. The van der Waals surface area contributed by atoms with Gasteiger partial charge in [0.1, 0.15) is 6.61 Å². The number of carbonyl (C=O) groups is 1. The molecule has 0 amide bonds. The van der Waals surface area contributed by atoms with E-state index in [-0.39, 0.29) is 23.5 Å². The van der Waals surface area contributed by atoms with Crippen molar-refractivity contribution in [1.29, 1.82) is 0 Å². The molecular formula is C30H24N4O6. The molecule has 1 aliphatic rings. The van der Waals surface area contributed by atoms with E-state index in [1.54, 1.807) is 29.2 Å². The number of non-ortho nitro benzene ring substituents is 1. The molecule has 0 aliphatic heterocycles. The fraction of sp³-hybridized carbons (Fsp3) is 0.167. The van der Waals surface area contributed by atoms with E-state index in [0.717, 1.165) is 5.56 Å². The van der Waals surface area contributed by atoms with Gasteiger partial charge in [0.15, 0.2) is 17.3 Å². The molecule has 0 saturated carbocycles. The van der Waals surface area contributed by atoms with Gasteiger partial charge in [0, 0.05) is 54.1 Å². The van der Waals surface area contributed by atoms with E-state index < -0.39 is 10.5 Å². The Bertz CT molecular complexity index is 1830. The highest BCUT2D eigenvalue weighted by atomic mass is 16.6. The summed E-state index contributed by atoms with van der Waals surface area (Å²) in [4.78, 5) is 42.7. The summed E-state index contributed by atoms with van der Waals surface area (Å²) in [5, 5.41) is 12.0. The molecule has 40 heavy (non-hydrogen) atoms. The van der Waals surface area contributed by atoms with Crippen LogP contribution < -0.4 is 15.0 Å². The van der Waals surface area contributed by atoms with E-state index in [2.05, 4.69) is 4.98 Å². The molecule has 6 rings (SSSR count). The lowest BCUT2D eigenvalue weighted by Gasteiger charge is -2.16. The Morgan fingerprint density at radius 3 is 2.48 bits per heavy atom. The summed E-state index contributed by atoms with van der Waals surface area (Å²) < 4.78 is 15.1. The maximum absolute atomic E-state index is 13.9. The smallest absolute Gasteiger partial charge is 0.270 e. The van der Waals surface area contributed by atoms with Crippen LogP contribution in [-0.4, -0.2) is 31.9 Å². The Hall–Kier alpha value is -5.25. The third kappa shape index (κ3) is 4.29. The molecule has 0 radical (unpaired) electrons. The fourth-order valence-corrected chi connectivity index (χ4v) is 5.19. The van der Waals surface area contributed by atoms with Gasteiger partial charge in [-0.3, -0.25) is 19.7 Å². The SMILES string of the molecule is COc1cc2c(cc1OCc1ccccc1)C(=O)c1c-2n(CCCn2ccnc2)c(=O)c2cc([N+](=O)[O-])ccc12. The minimum Gasteiger partial charge on any atom is -0.493 e. The largest absolute Gasteiger partial charge is 0.493 e. The van der Waals surface area contributed by atoms with E-state index in [4.69, 9.17) is 9.47 Å². The van der Waals surface area contributed by atoms with Crippen molar-refractivity contribution in [2.24, 2.45) is 0 Å². The highest BCUT2D eigenvalue weighted by molar-refractivity contribution is 6.27. The minimum absolute atomic E-state index is 0.129. The first-order valence-electron chi connectivity index (χ1n) is 12.7. The van der Waals surface area contributed by atoms with Gasteiger partial charge in [-0.05, 0) is 30.2 Å². The molecule has 3 aromatic carbocycles. The van der Waals surface area contributed by atoms with Gasteiger partial charge >= 0.3 is 0 Å². The Morgan fingerprint density at radius 1 is 0.950 bits per heavy atom. The molecule has 0 fully saturated rings. The van der Waals surface area contributed by atoms with Crippen LogP contribution in [0.3, 0.4) is 0 Å².